The molecule has 2 fully saturated rings. The molecule has 1 aliphatic heterocycles. The van der Waals surface area contributed by atoms with Crippen molar-refractivity contribution in [3.8, 4) is 0 Å². The average molecular weight is 212 g/mol. The number of hydrogen-bond acceptors (Lipinski definition) is 3. The number of carbonyl (C=O) groups excluding carboxylic acids is 1. The van der Waals surface area contributed by atoms with Crippen LogP contribution in [0.2, 0.25) is 0 Å². The monoisotopic (exact) mass is 212 g/mol. The summed E-state index contributed by atoms with van der Waals surface area (Å²) >= 11 is 0. The maximum absolute atomic E-state index is 12.1. The minimum absolute atomic E-state index is 0.210. The highest BCUT2D eigenvalue weighted by Crippen LogP contribution is 2.31. The molecule has 0 aromatic rings. The van der Waals surface area contributed by atoms with E-state index in [9.17, 15) is 4.79 Å². The first-order valence-electron chi connectivity index (χ1n) is 5.77. The number of nitrogens with one attached hydrogen (secondary N) is 2. The van der Waals surface area contributed by atoms with Crippen LogP contribution in [-0.4, -0.2) is 38.8 Å². The van der Waals surface area contributed by atoms with Crippen molar-refractivity contribution in [2.24, 2.45) is 5.41 Å². The summed E-state index contributed by atoms with van der Waals surface area (Å²) in [5.74, 6) is 0.229. The van der Waals surface area contributed by atoms with Gasteiger partial charge < -0.3 is 15.4 Å². The summed E-state index contributed by atoms with van der Waals surface area (Å²) in [5, 5.41) is 6.39. The number of rotatable bonds is 5. The Labute approximate surface area is 90.8 Å². The molecule has 0 spiro atoms. The fourth-order valence-corrected chi connectivity index (χ4v) is 2.13. The Morgan fingerprint density at radius 1 is 1.60 bits per heavy atom. The van der Waals surface area contributed by atoms with Crippen molar-refractivity contribution in [1.82, 2.24) is 10.6 Å². The molecule has 4 heteroatoms. The molecule has 4 nitrogen and oxygen atoms in total. The summed E-state index contributed by atoms with van der Waals surface area (Å²) in [6.07, 6.45) is 4.07. The molecular formula is C11H20N2O2. The van der Waals surface area contributed by atoms with E-state index >= 15 is 0 Å². The van der Waals surface area contributed by atoms with E-state index in [1.165, 1.54) is 0 Å². The second-order valence-electron chi connectivity index (χ2n) is 4.70. The van der Waals surface area contributed by atoms with Crippen molar-refractivity contribution in [1.29, 1.82) is 0 Å². The topological polar surface area (TPSA) is 50.4 Å². The van der Waals surface area contributed by atoms with Gasteiger partial charge in [-0.05, 0) is 32.2 Å². The Morgan fingerprint density at radius 3 is 2.93 bits per heavy atom. The van der Waals surface area contributed by atoms with Crippen molar-refractivity contribution in [2.45, 2.75) is 31.7 Å². The normalized spacial score (nSPS) is 30.5. The van der Waals surface area contributed by atoms with Gasteiger partial charge in [0.1, 0.15) is 0 Å². The third-order valence-corrected chi connectivity index (χ3v) is 3.42. The third kappa shape index (κ3) is 2.49. The van der Waals surface area contributed by atoms with Crippen LogP contribution in [0.4, 0.5) is 0 Å². The van der Waals surface area contributed by atoms with Crippen LogP contribution in [0.3, 0.4) is 0 Å². The van der Waals surface area contributed by atoms with E-state index in [0.717, 1.165) is 38.8 Å². The van der Waals surface area contributed by atoms with E-state index in [0.29, 0.717) is 12.6 Å². The van der Waals surface area contributed by atoms with Crippen LogP contribution in [0.5, 0.6) is 0 Å². The fraction of sp³-hybridized carbons (Fsp3) is 0.909. The lowest BCUT2D eigenvalue weighted by Crippen LogP contribution is -2.44. The number of ether oxygens (including phenoxy) is 1. The van der Waals surface area contributed by atoms with Crippen molar-refractivity contribution in [3.63, 3.8) is 0 Å². The molecule has 2 aliphatic rings. The number of amides is 1. The maximum atomic E-state index is 12.1. The Kier molecular flexibility index (Phi) is 3.26. The molecule has 1 unspecified atom stereocenters. The van der Waals surface area contributed by atoms with Crippen molar-refractivity contribution in [3.05, 3.63) is 0 Å². The van der Waals surface area contributed by atoms with Gasteiger partial charge in [0.2, 0.25) is 5.91 Å². The number of carbonyl (C=O) groups is 1. The van der Waals surface area contributed by atoms with Crippen LogP contribution < -0.4 is 10.6 Å². The Morgan fingerprint density at radius 2 is 2.40 bits per heavy atom. The smallest absolute Gasteiger partial charge is 0.227 e. The lowest BCUT2D eigenvalue weighted by molar-refractivity contribution is -0.131. The van der Waals surface area contributed by atoms with Crippen LogP contribution in [0.25, 0.3) is 0 Å². The van der Waals surface area contributed by atoms with Crippen LogP contribution >= 0.6 is 0 Å². The maximum Gasteiger partial charge on any atom is 0.227 e. The molecule has 1 atom stereocenters. The molecule has 1 aliphatic carbocycles. The van der Waals surface area contributed by atoms with E-state index in [-0.39, 0.29) is 11.3 Å². The van der Waals surface area contributed by atoms with Gasteiger partial charge in [0.05, 0.1) is 5.41 Å². The molecule has 0 bridgehead atoms. The largest absolute Gasteiger partial charge is 0.385 e. The molecule has 86 valence electrons. The van der Waals surface area contributed by atoms with Gasteiger partial charge >= 0.3 is 0 Å². The molecule has 0 aromatic carbocycles. The molecule has 2 N–H and O–H groups in total. The minimum atomic E-state index is -0.210. The quantitative estimate of drug-likeness (QED) is 0.688. The Bertz CT molecular complexity index is 233. The Hall–Kier alpha value is -0.610. The first-order chi connectivity index (χ1) is 7.27. The minimum Gasteiger partial charge on any atom is -0.385 e. The van der Waals surface area contributed by atoms with Crippen molar-refractivity contribution >= 4 is 5.91 Å². The highest BCUT2D eigenvalue weighted by atomic mass is 16.5. The van der Waals surface area contributed by atoms with E-state index in [2.05, 4.69) is 10.6 Å². The summed E-state index contributed by atoms with van der Waals surface area (Å²) in [5.41, 5.74) is -0.210. The molecule has 0 radical (unpaired) electrons. The molecule has 2 rings (SSSR count). The van der Waals surface area contributed by atoms with Crippen LogP contribution in [0, 0.1) is 5.41 Å². The van der Waals surface area contributed by atoms with Gasteiger partial charge in [-0.1, -0.05) is 0 Å². The highest BCUT2D eigenvalue weighted by Gasteiger charge is 2.42. The molecule has 1 saturated carbocycles. The summed E-state index contributed by atoms with van der Waals surface area (Å²) in [6, 6.07) is 0.456. The summed E-state index contributed by atoms with van der Waals surface area (Å²) in [7, 11) is 1.69. The molecule has 15 heavy (non-hydrogen) atoms. The molecular weight excluding hydrogens is 192 g/mol. The molecule has 0 aromatic heterocycles. The van der Waals surface area contributed by atoms with E-state index in [1.54, 1.807) is 7.11 Å². The van der Waals surface area contributed by atoms with Crippen molar-refractivity contribution in [2.75, 3.05) is 26.8 Å². The zero-order valence-corrected chi connectivity index (χ0v) is 9.34. The molecule has 1 heterocycles. The Balaban J connectivity index is 1.93. The first kappa shape index (κ1) is 10.9. The predicted octanol–water partition coefficient (Wildman–Crippen LogP) is 0.281. The summed E-state index contributed by atoms with van der Waals surface area (Å²) in [4.78, 5) is 12.1. The van der Waals surface area contributed by atoms with Gasteiger partial charge in [-0.25, -0.2) is 0 Å². The van der Waals surface area contributed by atoms with E-state index in [1.807, 2.05) is 0 Å². The van der Waals surface area contributed by atoms with Gasteiger partial charge in [0.25, 0.3) is 0 Å². The van der Waals surface area contributed by atoms with Crippen molar-refractivity contribution < 1.29 is 9.53 Å². The van der Waals surface area contributed by atoms with Crippen LogP contribution in [0.15, 0.2) is 0 Å². The first-order valence-corrected chi connectivity index (χ1v) is 5.77. The van der Waals surface area contributed by atoms with E-state index in [4.69, 9.17) is 4.74 Å². The zero-order chi connectivity index (χ0) is 10.7. The van der Waals surface area contributed by atoms with E-state index < -0.39 is 0 Å². The number of methoxy groups -OCH3 is 1. The lowest BCUT2D eigenvalue weighted by atomic mass is 9.83. The summed E-state index contributed by atoms with van der Waals surface area (Å²) < 4.78 is 5.09. The van der Waals surface area contributed by atoms with Crippen LogP contribution in [-0.2, 0) is 9.53 Å². The van der Waals surface area contributed by atoms with Gasteiger partial charge in [-0.15, -0.1) is 0 Å². The van der Waals surface area contributed by atoms with Gasteiger partial charge in [0, 0.05) is 26.3 Å². The SMILES string of the molecule is COCCC1(C(=O)NC2CC2)CCNC1. The van der Waals surface area contributed by atoms with Gasteiger partial charge in [-0.3, -0.25) is 4.79 Å². The van der Waals surface area contributed by atoms with Gasteiger partial charge in [0.15, 0.2) is 0 Å². The summed E-state index contributed by atoms with van der Waals surface area (Å²) in [6.45, 7) is 2.41. The second kappa shape index (κ2) is 4.49. The average Bonchev–Trinajstić information content (AvgIpc) is 2.92. The van der Waals surface area contributed by atoms with Crippen LogP contribution in [0.1, 0.15) is 25.7 Å². The molecule has 1 saturated heterocycles. The zero-order valence-electron chi connectivity index (χ0n) is 9.34. The van der Waals surface area contributed by atoms with Gasteiger partial charge in [-0.2, -0.15) is 0 Å². The predicted molar refractivity (Wildman–Crippen MR) is 57.6 cm³/mol. The highest BCUT2D eigenvalue weighted by molar-refractivity contribution is 5.83. The lowest BCUT2D eigenvalue weighted by Gasteiger charge is -2.26. The standard InChI is InChI=1S/C11H20N2O2/c1-15-7-5-11(4-6-12-8-11)10(14)13-9-2-3-9/h9,12H,2-8H2,1H3,(H,13,14). The third-order valence-electron chi connectivity index (χ3n) is 3.42. The number of hydrogen-bond donors (Lipinski definition) is 2. The second-order valence-corrected chi connectivity index (χ2v) is 4.70. The molecule has 1 amide bonds. The fourth-order valence-electron chi connectivity index (χ4n) is 2.13.